The van der Waals surface area contributed by atoms with Gasteiger partial charge in [0.05, 0.1) is 14.2 Å². The lowest BCUT2D eigenvalue weighted by molar-refractivity contribution is 0.0949. The van der Waals surface area contributed by atoms with Crippen LogP contribution in [0.4, 0.5) is 9.59 Å². The van der Waals surface area contributed by atoms with E-state index in [-0.39, 0.29) is 13.2 Å². The average Bonchev–Trinajstić information content (AvgIpc) is 2.88. The van der Waals surface area contributed by atoms with Crippen molar-refractivity contribution in [1.29, 1.82) is 0 Å². The third kappa shape index (κ3) is 9.99. The number of hydrogen-bond acceptors (Lipinski definition) is 7. The number of benzene rings is 2. The maximum absolute atomic E-state index is 12.6. The molecule has 2 aromatic carbocycles. The molecule has 0 aliphatic heterocycles. The van der Waals surface area contributed by atoms with E-state index >= 15 is 0 Å². The number of hydrogen-bond donors (Lipinski definition) is 2. The molecule has 0 spiro atoms. The van der Waals surface area contributed by atoms with E-state index in [0.717, 1.165) is 35.5 Å². The predicted octanol–water partition coefficient (Wildman–Crippen LogP) is 3.70. The Morgan fingerprint density at radius 2 is 1.32 bits per heavy atom. The molecule has 0 radical (unpaired) electrons. The van der Waals surface area contributed by atoms with Gasteiger partial charge < -0.3 is 34.9 Å². The molecule has 9 nitrogen and oxygen atoms in total. The summed E-state index contributed by atoms with van der Waals surface area (Å²) >= 11 is 0. The van der Waals surface area contributed by atoms with Gasteiger partial charge in [-0.15, -0.1) is 0 Å². The highest BCUT2D eigenvalue weighted by Crippen LogP contribution is 2.13. The molecule has 0 saturated carbocycles. The molecule has 0 bridgehead atoms. The lowest BCUT2D eigenvalue weighted by atomic mass is 10.2. The van der Waals surface area contributed by atoms with Crippen LogP contribution in [0.1, 0.15) is 30.4 Å². The van der Waals surface area contributed by atoms with Crippen molar-refractivity contribution in [3.05, 3.63) is 59.7 Å². The number of nitrogens with zero attached hydrogens (tertiary/aromatic N) is 1. The fourth-order valence-electron chi connectivity index (χ4n) is 3.08. The molecule has 9 heteroatoms. The van der Waals surface area contributed by atoms with Crippen molar-refractivity contribution in [2.24, 2.45) is 5.73 Å². The zero-order chi connectivity index (χ0) is 24.6. The maximum Gasteiger partial charge on any atom is 0.410 e. The summed E-state index contributed by atoms with van der Waals surface area (Å²) in [7, 11) is 3.20. The standard InChI is InChI=1S/C25H35N3O6/c1-31-22-10-6-20(7-11-22)18-33-24(29)27-15-5-17-28(16-4-3-14-26)25(30)34-19-21-8-12-23(32-2)13-9-21/h6-13H,3-5,14-19,26H2,1-2H3,(H,27,29). The first-order valence-electron chi connectivity index (χ1n) is 11.3. The number of ether oxygens (including phenoxy) is 4. The SMILES string of the molecule is COc1ccc(COC(=O)NCCCN(CCCCN)C(=O)OCc2ccc(OC)cc2)cc1. The Hall–Kier alpha value is -3.46. The Kier molecular flexibility index (Phi) is 12.1. The Morgan fingerprint density at radius 3 is 1.85 bits per heavy atom. The van der Waals surface area contributed by atoms with Crippen LogP contribution in [-0.2, 0) is 22.7 Å². The van der Waals surface area contributed by atoms with Crippen LogP contribution in [0.5, 0.6) is 11.5 Å². The summed E-state index contributed by atoms with van der Waals surface area (Å²) in [6.45, 7) is 2.27. The summed E-state index contributed by atoms with van der Waals surface area (Å²) < 4.78 is 20.9. The molecule has 2 aromatic rings. The molecule has 0 aromatic heterocycles. The minimum Gasteiger partial charge on any atom is -0.497 e. The van der Waals surface area contributed by atoms with Gasteiger partial charge in [-0.25, -0.2) is 9.59 Å². The minimum atomic E-state index is -0.507. The van der Waals surface area contributed by atoms with Crippen LogP contribution in [0.25, 0.3) is 0 Å². The fraction of sp³-hybridized carbons (Fsp3) is 0.440. The molecule has 34 heavy (non-hydrogen) atoms. The van der Waals surface area contributed by atoms with Crippen LogP contribution >= 0.6 is 0 Å². The Morgan fingerprint density at radius 1 is 0.794 bits per heavy atom. The smallest absolute Gasteiger partial charge is 0.410 e. The number of methoxy groups -OCH3 is 2. The highest BCUT2D eigenvalue weighted by atomic mass is 16.6. The first-order valence-corrected chi connectivity index (χ1v) is 11.3. The van der Waals surface area contributed by atoms with Crippen LogP contribution in [0, 0.1) is 0 Å². The van der Waals surface area contributed by atoms with Gasteiger partial charge in [0.2, 0.25) is 0 Å². The third-order valence-corrected chi connectivity index (χ3v) is 5.06. The van der Waals surface area contributed by atoms with Gasteiger partial charge in [-0.1, -0.05) is 24.3 Å². The van der Waals surface area contributed by atoms with Crippen molar-refractivity contribution in [1.82, 2.24) is 10.2 Å². The number of nitrogens with one attached hydrogen (secondary N) is 1. The summed E-state index contributed by atoms with van der Waals surface area (Å²) in [6.07, 6.45) is 1.27. The molecule has 0 fully saturated rings. The number of nitrogens with two attached hydrogens (primary N) is 1. The summed E-state index contributed by atoms with van der Waals surface area (Å²) in [6, 6.07) is 14.6. The van der Waals surface area contributed by atoms with Crippen LogP contribution in [0.2, 0.25) is 0 Å². The number of alkyl carbamates (subject to hydrolysis) is 1. The molecular weight excluding hydrogens is 438 g/mol. The summed E-state index contributed by atoms with van der Waals surface area (Å²) in [5, 5.41) is 2.71. The monoisotopic (exact) mass is 473 g/mol. The molecule has 0 heterocycles. The molecule has 2 rings (SSSR count). The topological polar surface area (TPSA) is 112 Å². The highest BCUT2D eigenvalue weighted by molar-refractivity contribution is 5.68. The van der Waals surface area contributed by atoms with Gasteiger partial charge in [0.25, 0.3) is 0 Å². The Balaban J connectivity index is 1.72. The Labute approximate surface area is 201 Å². The number of rotatable bonds is 14. The zero-order valence-corrected chi connectivity index (χ0v) is 20.0. The zero-order valence-electron chi connectivity index (χ0n) is 20.0. The molecule has 2 amide bonds. The molecule has 0 unspecified atom stereocenters. The number of unbranched alkanes of at least 4 members (excludes halogenated alkanes) is 1. The lowest BCUT2D eigenvalue weighted by Crippen LogP contribution is -2.35. The van der Waals surface area contributed by atoms with Gasteiger partial charge in [-0.05, 0) is 61.2 Å². The van der Waals surface area contributed by atoms with E-state index < -0.39 is 12.2 Å². The van der Waals surface area contributed by atoms with Gasteiger partial charge in [0.1, 0.15) is 24.7 Å². The normalized spacial score (nSPS) is 10.3. The summed E-state index contributed by atoms with van der Waals surface area (Å²) in [4.78, 5) is 26.2. The van der Waals surface area contributed by atoms with Gasteiger partial charge >= 0.3 is 12.2 Å². The molecule has 0 aliphatic carbocycles. The van der Waals surface area contributed by atoms with Crippen molar-refractivity contribution >= 4 is 12.2 Å². The third-order valence-electron chi connectivity index (χ3n) is 5.06. The van der Waals surface area contributed by atoms with Crippen molar-refractivity contribution < 1.29 is 28.5 Å². The quantitative estimate of drug-likeness (QED) is 0.402. The van der Waals surface area contributed by atoms with Crippen molar-refractivity contribution in [3.63, 3.8) is 0 Å². The van der Waals surface area contributed by atoms with Crippen LogP contribution in [-0.4, -0.2) is 57.5 Å². The van der Waals surface area contributed by atoms with Gasteiger partial charge in [-0.3, -0.25) is 0 Å². The number of carbonyl (C=O) groups excluding carboxylic acids is 2. The first kappa shape index (κ1) is 26.8. The Bertz CT molecular complexity index is 858. The second-order valence-corrected chi connectivity index (χ2v) is 7.59. The molecule has 3 N–H and O–H groups in total. The summed E-state index contributed by atoms with van der Waals surface area (Å²) in [5.74, 6) is 1.49. The molecular formula is C25H35N3O6. The van der Waals surface area contributed by atoms with E-state index in [4.69, 9.17) is 24.7 Å². The minimum absolute atomic E-state index is 0.165. The van der Waals surface area contributed by atoms with Gasteiger partial charge in [0.15, 0.2) is 0 Å². The van der Waals surface area contributed by atoms with Crippen molar-refractivity contribution in [2.75, 3.05) is 40.4 Å². The van der Waals surface area contributed by atoms with Gasteiger partial charge in [0, 0.05) is 19.6 Å². The van der Waals surface area contributed by atoms with Crippen molar-refractivity contribution in [2.45, 2.75) is 32.5 Å². The van der Waals surface area contributed by atoms with Gasteiger partial charge in [-0.2, -0.15) is 0 Å². The molecule has 0 saturated heterocycles. The maximum atomic E-state index is 12.6. The first-order chi connectivity index (χ1) is 16.5. The van der Waals surface area contributed by atoms with E-state index in [2.05, 4.69) is 5.32 Å². The van der Waals surface area contributed by atoms with Crippen LogP contribution in [0.15, 0.2) is 48.5 Å². The number of amides is 2. The fourth-order valence-corrected chi connectivity index (χ4v) is 3.08. The van der Waals surface area contributed by atoms with E-state index in [0.29, 0.717) is 32.6 Å². The molecule has 0 aliphatic rings. The van der Waals surface area contributed by atoms with E-state index in [1.54, 1.807) is 19.1 Å². The lowest BCUT2D eigenvalue weighted by Gasteiger charge is -2.22. The van der Waals surface area contributed by atoms with E-state index in [1.807, 2.05) is 48.5 Å². The molecule has 0 atom stereocenters. The van der Waals surface area contributed by atoms with Crippen molar-refractivity contribution in [3.8, 4) is 11.5 Å². The van der Waals surface area contributed by atoms with Crippen LogP contribution < -0.4 is 20.5 Å². The van der Waals surface area contributed by atoms with E-state index in [1.165, 1.54) is 0 Å². The van der Waals surface area contributed by atoms with Crippen LogP contribution in [0.3, 0.4) is 0 Å². The second kappa shape index (κ2) is 15.4. The largest absolute Gasteiger partial charge is 0.497 e. The highest BCUT2D eigenvalue weighted by Gasteiger charge is 2.15. The number of carbonyl (C=O) groups is 2. The second-order valence-electron chi connectivity index (χ2n) is 7.59. The molecule has 186 valence electrons. The van der Waals surface area contributed by atoms with E-state index in [9.17, 15) is 9.59 Å². The predicted molar refractivity (Wildman–Crippen MR) is 129 cm³/mol. The average molecular weight is 474 g/mol. The summed E-state index contributed by atoms with van der Waals surface area (Å²) in [5.41, 5.74) is 7.31.